The maximum absolute atomic E-state index is 5.66. The molecule has 0 bridgehead atoms. The van der Waals surface area contributed by atoms with Gasteiger partial charge in [-0.05, 0) is 25.7 Å². The first-order valence-electron chi connectivity index (χ1n) is 4.47. The smallest absolute Gasteiger partial charge is 0.0308 e. The minimum Gasteiger partial charge on any atom is -0.329 e. The second kappa shape index (κ2) is 2.61. The summed E-state index contributed by atoms with van der Waals surface area (Å²) < 4.78 is 0. The minimum absolute atomic E-state index is 0.344. The van der Waals surface area contributed by atoms with E-state index in [9.17, 15) is 0 Å². The van der Waals surface area contributed by atoms with E-state index < -0.39 is 0 Å². The Kier molecular flexibility index (Phi) is 1.74. The quantitative estimate of drug-likeness (QED) is 0.587. The SMILES string of the molecule is NCC1(NC2CC=CC2)CC1. The van der Waals surface area contributed by atoms with Crippen LogP contribution in [0.1, 0.15) is 25.7 Å². The van der Waals surface area contributed by atoms with Gasteiger partial charge in [-0.1, -0.05) is 12.2 Å². The Balaban J connectivity index is 1.81. The van der Waals surface area contributed by atoms with Crippen molar-refractivity contribution in [2.75, 3.05) is 6.54 Å². The zero-order valence-corrected chi connectivity index (χ0v) is 6.84. The van der Waals surface area contributed by atoms with Gasteiger partial charge in [0.2, 0.25) is 0 Å². The first-order valence-corrected chi connectivity index (χ1v) is 4.47. The molecule has 2 aliphatic carbocycles. The molecule has 0 aromatic rings. The summed E-state index contributed by atoms with van der Waals surface area (Å²) in [7, 11) is 0. The molecule has 0 amide bonds. The van der Waals surface area contributed by atoms with Crippen molar-refractivity contribution >= 4 is 0 Å². The molecule has 2 heteroatoms. The van der Waals surface area contributed by atoms with Gasteiger partial charge < -0.3 is 11.1 Å². The second-order valence-electron chi connectivity index (χ2n) is 3.77. The average molecular weight is 152 g/mol. The summed E-state index contributed by atoms with van der Waals surface area (Å²) in [4.78, 5) is 0. The van der Waals surface area contributed by atoms with Gasteiger partial charge >= 0.3 is 0 Å². The maximum atomic E-state index is 5.66. The highest BCUT2D eigenvalue weighted by Gasteiger charge is 2.42. The van der Waals surface area contributed by atoms with Crippen LogP contribution in [-0.2, 0) is 0 Å². The highest BCUT2D eigenvalue weighted by Crippen LogP contribution is 2.35. The topological polar surface area (TPSA) is 38.0 Å². The fourth-order valence-electron chi connectivity index (χ4n) is 1.73. The summed E-state index contributed by atoms with van der Waals surface area (Å²) in [5.41, 5.74) is 6.01. The number of hydrogen-bond acceptors (Lipinski definition) is 2. The van der Waals surface area contributed by atoms with E-state index in [-0.39, 0.29) is 0 Å². The predicted molar refractivity (Wildman–Crippen MR) is 46.3 cm³/mol. The molecule has 0 aliphatic heterocycles. The number of nitrogens with two attached hydrogens (primary N) is 1. The molecule has 2 aliphatic rings. The first-order chi connectivity index (χ1) is 5.35. The Morgan fingerprint density at radius 1 is 1.36 bits per heavy atom. The van der Waals surface area contributed by atoms with E-state index in [2.05, 4.69) is 17.5 Å². The van der Waals surface area contributed by atoms with Crippen molar-refractivity contribution in [3.8, 4) is 0 Å². The third-order valence-corrected chi connectivity index (χ3v) is 2.76. The molecule has 2 nitrogen and oxygen atoms in total. The third kappa shape index (κ3) is 1.47. The molecule has 0 saturated heterocycles. The van der Waals surface area contributed by atoms with Gasteiger partial charge in [0.1, 0.15) is 0 Å². The van der Waals surface area contributed by atoms with E-state index in [4.69, 9.17) is 5.73 Å². The van der Waals surface area contributed by atoms with E-state index in [1.807, 2.05) is 0 Å². The van der Waals surface area contributed by atoms with Gasteiger partial charge in [0, 0.05) is 18.1 Å². The van der Waals surface area contributed by atoms with Crippen LogP contribution >= 0.6 is 0 Å². The van der Waals surface area contributed by atoms with Crippen LogP contribution in [0.4, 0.5) is 0 Å². The standard InChI is InChI=1S/C9H16N2/c10-7-9(5-6-9)11-8-3-1-2-4-8/h1-2,8,11H,3-7,10H2. The monoisotopic (exact) mass is 152 g/mol. The molecule has 0 atom stereocenters. The Bertz CT molecular complexity index is 162. The summed E-state index contributed by atoms with van der Waals surface area (Å²) in [6.07, 6.45) is 9.46. The Hall–Kier alpha value is -0.340. The summed E-state index contributed by atoms with van der Waals surface area (Å²) >= 11 is 0. The van der Waals surface area contributed by atoms with Crippen LogP contribution in [0.25, 0.3) is 0 Å². The molecular formula is C9H16N2. The van der Waals surface area contributed by atoms with Gasteiger partial charge in [-0.3, -0.25) is 0 Å². The number of nitrogens with one attached hydrogen (secondary N) is 1. The predicted octanol–water partition coefficient (Wildman–Crippen LogP) is 0.786. The molecular weight excluding hydrogens is 136 g/mol. The van der Waals surface area contributed by atoms with Gasteiger partial charge in [-0.25, -0.2) is 0 Å². The summed E-state index contributed by atoms with van der Waals surface area (Å²) in [5, 5.41) is 3.63. The molecule has 1 fully saturated rings. The van der Waals surface area contributed by atoms with Crippen LogP contribution in [0.2, 0.25) is 0 Å². The van der Waals surface area contributed by atoms with Crippen molar-refractivity contribution in [2.45, 2.75) is 37.3 Å². The molecule has 0 aromatic carbocycles. The molecule has 2 rings (SSSR count). The number of hydrogen-bond donors (Lipinski definition) is 2. The van der Waals surface area contributed by atoms with Gasteiger partial charge in [0.25, 0.3) is 0 Å². The van der Waals surface area contributed by atoms with E-state index in [0.29, 0.717) is 11.6 Å². The highest BCUT2D eigenvalue weighted by atomic mass is 15.1. The van der Waals surface area contributed by atoms with Crippen LogP contribution < -0.4 is 11.1 Å². The normalized spacial score (nSPS) is 27.7. The molecule has 11 heavy (non-hydrogen) atoms. The molecule has 0 spiro atoms. The van der Waals surface area contributed by atoms with E-state index in [1.54, 1.807) is 0 Å². The fraction of sp³-hybridized carbons (Fsp3) is 0.778. The lowest BCUT2D eigenvalue weighted by Gasteiger charge is -2.20. The van der Waals surface area contributed by atoms with Gasteiger partial charge in [0.05, 0.1) is 0 Å². The minimum atomic E-state index is 0.344. The van der Waals surface area contributed by atoms with Crippen LogP contribution in [0, 0.1) is 0 Å². The van der Waals surface area contributed by atoms with Crippen molar-refractivity contribution in [3.05, 3.63) is 12.2 Å². The van der Waals surface area contributed by atoms with E-state index in [0.717, 1.165) is 6.54 Å². The Morgan fingerprint density at radius 3 is 2.45 bits per heavy atom. The lowest BCUT2D eigenvalue weighted by molar-refractivity contribution is 0.428. The Labute approximate surface area is 67.8 Å². The van der Waals surface area contributed by atoms with Crippen molar-refractivity contribution in [1.82, 2.24) is 5.32 Å². The first kappa shape index (κ1) is 7.32. The molecule has 0 heterocycles. The van der Waals surface area contributed by atoms with E-state index >= 15 is 0 Å². The fourth-order valence-corrected chi connectivity index (χ4v) is 1.73. The van der Waals surface area contributed by atoms with Gasteiger partial charge in [-0.15, -0.1) is 0 Å². The molecule has 3 N–H and O–H groups in total. The lowest BCUT2D eigenvalue weighted by atomic mass is 10.2. The van der Waals surface area contributed by atoms with Crippen LogP contribution in [0.15, 0.2) is 12.2 Å². The molecule has 1 saturated carbocycles. The summed E-state index contributed by atoms with van der Waals surface area (Å²) in [5.74, 6) is 0. The molecule has 62 valence electrons. The highest BCUT2D eigenvalue weighted by molar-refractivity contribution is 5.08. The van der Waals surface area contributed by atoms with Crippen molar-refractivity contribution in [1.29, 1.82) is 0 Å². The third-order valence-electron chi connectivity index (χ3n) is 2.76. The number of rotatable bonds is 3. The summed E-state index contributed by atoms with van der Waals surface area (Å²) in [6.45, 7) is 0.809. The van der Waals surface area contributed by atoms with Crippen LogP contribution in [0.5, 0.6) is 0 Å². The van der Waals surface area contributed by atoms with Crippen molar-refractivity contribution < 1.29 is 0 Å². The average Bonchev–Trinajstić information content (AvgIpc) is 2.59. The summed E-state index contributed by atoms with van der Waals surface area (Å²) in [6, 6.07) is 0.682. The van der Waals surface area contributed by atoms with Crippen LogP contribution in [0.3, 0.4) is 0 Å². The maximum Gasteiger partial charge on any atom is 0.0308 e. The Morgan fingerprint density at radius 2 is 2.00 bits per heavy atom. The zero-order chi connectivity index (χ0) is 7.73. The lowest BCUT2D eigenvalue weighted by Crippen LogP contribution is -2.43. The van der Waals surface area contributed by atoms with Gasteiger partial charge in [0.15, 0.2) is 0 Å². The zero-order valence-electron chi connectivity index (χ0n) is 6.84. The van der Waals surface area contributed by atoms with Crippen LogP contribution in [-0.4, -0.2) is 18.1 Å². The van der Waals surface area contributed by atoms with Crippen molar-refractivity contribution in [2.24, 2.45) is 5.73 Å². The second-order valence-corrected chi connectivity index (χ2v) is 3.77. The molecule has 0 radical (unpaired) electrons. The van der Waals surface area contributed by atoms with Gasteiger partial charge in [-0.2, -0.15) is 0 Å². The molecule has 0 unspecified atom stereocenters. The van der Waals surface area contributed by atoms with E-state index in [1.165, 1.54) is 25.7 Å². The van der Waals surface area contributed by atoms with Crippen molar-refractivity contribution in [3.63, 3.8) is 0 Å². The molecule has 0 aromatic heterocycles. The largest absolute Gasteiger partial charge is 0.329 e.